The van der Waals surface area contributed by atoms with Crippen LogP contribution in [0.2, 0.25) is 0 Å². The van der Waals surface area contributed by atoms with Crippen molar-refractivity contribution in [3.63, 3.8) is 0 Å². The third-order valence-corrected chi connectivity index (χ3v) is 3.50. The third kappa shape index (κ3) is 3.84. The maximum Gasteiger partial charge on any atom is 0.306 e. The Hall–Kier alpha value is -2.30. The Kier molecular flexibility index (Phi) is 4.98. The summed E-state index contributed by atoms with van der Waals surface area (Å²) in [7, 11) is 1.64. The molecule has 0 bridgehead atoms. The molecule has 1 aromatic heterocycles. The molecule has 1 aromatic carbocycles. The number of hydrogen-bond donors (Lipinski definition) is 2. The standard InChI is InChI=1S/C16H20N2O3/c1-11(16(19)20)4-3-8-17-15-14-6-5-13(21-2)10-12(14)7-9-18-15/h5-7,9-11H,3-4,8H2,1-2H3,(H,17,18)(H,19,20). The molecule has 1 unspecified atom stereocenters. The smallest absolute Gasteiger partial charge is 0.306 e. The van der Waals surface area contributed by atoms with Crippen molar-refractivity contribution in [2.45, 2.75) is 19.8 Å². The van der Waals surface area contributed by atoms with E-state index in [9.17, 15) is 4.79 Å². The minimum atomic E-state index is -0.745. The van der Waals surface area contributed by atoms with Crippen LogP contribution in [-0.4, -0.2) is 29.7 Å². The lowest BCUT2D eigenvalue weighted by Gasteiger charge is -2.10. The first-order chi connectivity index (χ1) is 10.1. The molecule has 0 saturated carbocycles. The van der Waals surface area contributed by atoms with Crippen molar-refractivity contribution >= 4 is 22.6 Å². The molecule has 0 amide bonds. The van der Waals surface area contributed by atoms with Gasteiger partial charge in [0.25, 0.3) is 0 Å². The van der Waals surface area contributed by atoms with E-state index in [1.54, 1.807) is 20.2 Å². The average Bonchev–Trinajstić information content (AvgIpc) is 2.50. The van der Waals surface area contributed by atoms with Gasteiger partial charge >= 0.3 is 5.97 Å². The van der Waals surface area contributed by atoms with Gasteiger partial charge in [0.05, 0.1) is 13.0 Å². The lowest BCUT2D eigenvalue weighted by molar-refractivity contribution is -0.141. The number of carboxylic acids is 1. The molecule has 5 heteroatoms. The van der Waals surface area contributed by atoms with E-state index in [4.69, 9.17) is 9.84 Å². The van der Waals surface area contributed by atoms with Crippen LogP contribution in [0.15, 0.2) is 30.5 Å². The lowest BCUT2D eigenvalue weighted by atomic mass is 10.1. The first-order valence-corrected chi connectivity index (χ1v) is 7.01. The Morgan fingerprint density at radius 1 is 1.43 bits per heavy atom. The maximum absolute atomic E-state index is 10.8. The average molecular weight is 288 g/mol. The first-order valence-electron chi connectivity index (χ1n) is 7.01. The Labute approximate surface area is 124 Å². The van der Waals surface area contributed by atoms with Gasteiger partial charge in [-0.2, -0.15) is 0 Å². The predicted octanol–water partition coefficient (Wildman–Crippen LogP) is 3.16. The van der Waals surface area contributed by atoms with Gasteiger partial charge in [-0.05, 0) is 42.5 Å². The number of rotatable bonds is 7. The zero-order valence-corrected chi connectivity index (χ0v) is 12.3. The number of ether oxygens (including phenoxy) is 1. The van der Waals surface area contributed by atoms with Gasteiger partial charge in [0.1, 0.15) is 11.6 Å². The van der Waals surface area contributed by atoms with E-state index in [1.165, 1.54) is 0 Å². The Bertz CT molecular complexity index is 628. The van der Waals surface area contributed by atoms with Gasteiger partial charge in [0, 0.05) is 18.1 Å². The van der Waals surface area contributed by atoms with Crippen molar-refractivity contribution in [2.75, 3.05) is 19.0 Å². The van der Waals surface area contributed by atoms with E-state index in [0.717, 1.165) is 28.8 Å². The van der Waals surface area contributed by atoms with Crippen LogP contribution in [-0.2, 0) is 4.79 Å². The van der Waals surface area contributed by atoms with Crippen LogP contribution in [0, 0.1) is 5.92 Å². The number of methoxy groups -OCH3 is 1. The number of carboxylic acid groups (broad SMARTS) is 1. The van der Waals surface area contributed by atoms with Crippen LogP contribution < -0.4 is 10.1 Å². The summed E-state index contributed by atoms with van der Waals surface area (Å²) in [6.07, 6.45) is 3.20. The summed E-state index contributed by atoms with van der Waals surface area (Å²) >= 11 is 0. The molecular formula is C16H20N2O3. The second-order valence-electron chi connectivity index (χ2n) is 5.05. The van der Waals surface area contributed by atoms with E-state index >= 15 is 0 Å². The molecule has 0 spiro atoms. The minimum absolute atomic E-state index is 0.309. The molecular weight excluding hydrogens is 268 g/mol. The third-order valence-electron chi connectivity index (χ3n) is 3.50. The number of hydrogen-bond acceptors (Lipinski definition) is 4. The van der Waals surface area contributed by atoms with Crippen LogP contribution in [0.25, 0.3) is 10.8 Å². The van der Waals surface area contributed by atoms with Crippen LogP contribution >= 0.6 is 0 Å². The molecule has 112 valence electrons. The number of nitrogens with zero attached hydrogens (tertiary/aromatic N) is 1. The summed E-state index contributed by atoms with van der Waals surface area (Å²) in [6.45, 7) is 2.43. The minimum Gasteiger partial charge on any atom is -0.497 e. The molecule has 2 rings (SSSR count). The van der Waals surface area contributed by atoms with Crippen molar-refractivity contribution in [3.05, 3.63) is 30.5 Å². The summed E-state index contributed by atoms with van der Waals surface area (Å²) in [5, 5.41) is 14.2. The highest BCUT2D eigenvalue weighted by molar-refractivity contribution is 5.92. The molecule has 0 aliphatic rings. The van der Waals surface area contributed by atoms with Crippen molar-refractivity contribution < 1.29 is 14.6 Å². The molecule has 0 aliphatic carbocycles. The van der Waals surface area contributed by atoms with Crippen LogP contribution in [0.1, 0.15) is 19.8 Å². The summed E-state index contributed by atoms with van der Waals surface area (Å²) in [4.78, 5) is 15.1. The highest BCUT2D eigenvalue weighted by atomic mass is 16.5. The molecule has 0 fully saturated rings. The monoisotopic (exact) mass is 288 g/mol. The Morgan fingerprint density at radius 3 is 2.95 bits per heavy atom. The quantitative estimate of drug-likeness (QED) is 0.766. The van der Waals surface area contributed by atoms with Crippen LogP contribution in [0.4, 0.5) is 5.82 Å². The van der Waals surface area contributed by atoms with Gasteiger partial charge in [-0.1, -0.05) is 6.92 Å². The number of pyridine rings is 1. The summed E-state index contributed by atoms with van der Waals surface area (Å²) in [5.41, 5.74) is 0. The molecule has 0 saturated heterocycles. The molecule has 2 aromatic rings. The van der Waals surface area contributed by atoms with Crippen LogP contribution in [0.5, 0.6) is 5.75 Å². The van der Waals surface area contributed by atoms with Crippen molar-refractivity contribution in [1.29, 1.82) is 0 Å². The molecule has 2 N–H and O–H groups in total. The molecule has 0 radical (unpaired) electrons. The Morgan fingerprint density at radius 2 is 2.24 bits per heavy atom. The number of nitrogens with one attached hydrogen (secondary N) is 1. The second kappa shape index (κ2) is 6.92. The van der Waals surface area contributed by atoms with Crippen molar-refractivity contribution in [3.8, 4) is 5.75 Å². The van der Waals surface area contributed by atoms with Gasteiger partial charge in [0.2, 0.25) is 0 Å². The predicted molar refractivity (Wildman–Crippen MR) is 82.8 cm³/mol. The van der Waals surface area contributed by atoms with Gasteiger partial charge < -0.3 is 15.2 Å². The lowest BCUT2D eigenvalue weighted by Crippen LogP contribution is -2.12. The zero-order valence-electron chi connectivity index (χ0n) is 12.3. The molecule has 0 aliphatic heterocycles. The van der Waals surface area contributed by atoms with Gasteiger partial charge in [-0.25, -0.2) is 4.98 Å². The van der Waals surface area contributed by atoms with Crippen molar-refractivity contribution in [1.82, 2.24) is 4.98 Å². The summed E-state index contributed by atoms with van der Waals surface area (Å²) < 4.78 is 5.21. The summed E-state index contributed by atoms with van der Waals surface area (Å²) in [5.74, 6) is 0.579. The SMILES string of the molecule is COc1ccc2c(NCCCC(C)C(=O)O)nccc2c1. The van der Waals surface area contributed by atoms with E-state index in [1.807, 2.05) is 24.3 Å². The number of anilines is 1. The second-order valence-corrected chi connectivity index (χ2v) is 5.05. The van der Waals surface area contributed by atoms with Gasteiger partial charge in [-0.15, -0.1) is 0 Å². The number of aliphatic carboxylic acids is 1. The molecule has 1 atom stereocenters. The fraction of sp³-hybridized carbons (Fsp3) is 0.375. The number of benzene rings is 1. The summed E-state index contributed by atoms with van der Waals surface area (Å²) in [6, 6.07) is 7.79. The number of aromatic nitrogens is 1. The fourth-order valence-electron chi connectivity index (χ4n) is 2.16. The van der Waals surface area contributed by atoms with E-state index < -0.39 is 5.97 Å². The fourth-order valence-corrected chi connectivity index (χ4v) is 2.16. The number of carbonyl (C=O) groups is 1. The maximum atomic E-state index is 10.8. The van der Waals surface area contributed by atoms with Gasteiger partial charge in [-0.3, -0.25) is 4.79 Å². The Balaban J connectivity index is 2.00. The normalized spacial score (nSPS) is 12.1. The molecule has 21 heavy (non-hydrogen) atoms. The van der Waals surface area contributed by atoms with Gasteiger partial charge in [0.15, 0.2) is 0 Å². The highest BCUT2D eigenvalue weighted by Crippen LogP contribution is 2.25. The highest BCUT2D eigenvalue weighted by Gasteiger charge is 2.10. The van der Waals surface area contributed by atoms with Crippen molar-refractivity contribution in [2.24, 2.45) is 5.92 Å². The van der Waals surface area contributed by atoms with E-state index in [0.29, 0.717) is 13.0 Å². The largest absolute Gasteiger partial charge is 0.497 e. The zero-order chi connectivity index (χ0) is 15.2. The van der Waals surface area contributed by atoms with E-state index in [2.05, 4.69) is 10.3 Å². The molecule has 1 heterocycles. The van der Waals surface area contributed by atoms with Crippen LogP contribution in [0.3, 0.4) is 0 Å². The number of fused-ring (bicyclic) bond motifs is 1. The molecule has 5 nitrogen and oxygen atoms in total. The first kappa shape index (κ1) is 15.1. The topological polar surface area (TPSA) is 71.5 Å². The van der Waals surface area contributed by atoms with E-state index in [-0.39, 0.29) is 5.92 Å².